The fourth-order valence-electron chi connectivity index (χ4n) is 4.69. The number of likely N-dealkylation sites (tertiary alicyclic amines) is 1. The van der Waals surface area contributed by atoms with Crippen molar-refractivity contribution in [1.82, 2.24) is 19.8 Å². The standard InChI is InChI=1S/C20H30FN5O2/c1-2-16-18(21)19(23-14-22-16)25-10-8-24(9-11-25)17-4-3-7-26(20(17)27)15-5-12-28-13-6-15/h14-15,17H,2-13H2,1H3/t17-/m0/s1. The van der Waals surface area contributed by atoms with Crippen LogP contribution >= 0.6 is 0 Å². The van der Waals surface area contributed by atoms with Gasteiger partial charge in [0, 0.05) is 52.0 Å². The predicted octanol–water partition coefficient (Wildman–Crippen LogP) is 1.47. The highest BCUT2D eigenvalue weighted by Crippen LogP contribution is 2.26. The van der Waals surface area contributed by atoms with Gasteiger partial charge in [-0.2, -0.15) is 0 Å². The maximum atomic E-state index is 14.6. The molecule has 1 atom stereocenters. The van der Waals surface area contributed by atoms with E-state index in [4.69, 9.17) is 4.74 Å². The Morgan fingerprint density at radius 2 is 1.86 bits per heavy atom. The van der Waals surface area contributed by atoms with Crippen molar-refractivity contribution in [3.8, 4) is 0 Å². The molecule has 0 N–H and O–H groups in total. The molecule has 0 bridgehead atoms. The van der Waals surface area contributed by atoms with Gasteiger partial charge in [-0.15, -0.1) is 0 Å². The second-order valence-corrected chi connectivity index (χ2v) is 7.87. The Morgan fingerprint density at radius 1 is 1.11 bits per heavy atom. The monoisotopic (exact) mass is 391 g/mol. The minimum atomic E-state index is -0.308. The van der Waals surface area contributed by atoms with Crippen LogP contribution in [0.15, 0.2) is 6.33 Å². The quantitative estimate of drug-likeness (QED) is 0.775. The third kappa shape index (κ3) is 3.85. The number of carbonyl (C=O) groups excluding carboxylic acids is 1. The fraction of sp³-hybridized carbons (Fsp3) is 0.750. The van der Waals surface area contributed by atoms with Gasteiger partial charge in [0.25, 0.3) is 0 Å². The van der Waals surface area contributed by atoms with Crippen LogP contribution in [0.4, 0.5) is 10.2 Å². The molecule has 0 unspecified atom stereocenters. The van der Waals surface area contributed by atoms with Gasteiger partial charge in [0.15, 0.2) is 11.6 Å². The maximum Gasteiger partial charge on any atom is 0.240 e. The molecule has 4 rings (SSSR count). The number of rotatable bonds is 4. The van der Waals surface area contributed by atoms with Crippen LogP contribution in [0, 0.1) is 5.82 Å². The number of anilines is 1. The van der Waals surface area contributed by atoms with Crippen LogP contribution in [0.5, 0.6) is 0 Å². The van der Waals surface area contributed by atoms with E-state index in [0.29, 0.717) is 37.1 Å². The molecule has 3 aliphatic heterocycles. The van der Waals surface area contributed by atoms with Crippen molar-refractivity contribution in [2.45, 2.75) is 51.1 Å². The lowest BCUT2D eigenvalue weighted by atomic mass is 9.97. The van der Waals surface area contributed by atoms with Gasteiger partial charge < -0.3 is 14.5 Å². The maximum absolute atomic E-state index is 14.6. The number of halogens is 1. The van der Waals surface area contributed by atoms with E-state index in [2.05, 4.69) is 19.8 Å². The van der Waals surface area contributed by atoms with E-state index < -0.39 is 0 Å². The van der Waals surface area contributed by atoms with Gasteiger partial charge in [-0.25, -0.2) is 14.4 Å². The minimum Gasteiger partial charge on any atom is -0.381 e. The Kier molecular flexibility index (Phi) is 6.06. The van der Waals surface area contributed by atoms with Crippen molar-refractivity contribution in [3.63, 3.8) is 0 Å². The number of carbonyl (C=O) groups is 1. The first kappa shape index (κ1) is 19.5. The molecule has 4 heterocycles. The lowest BCUT2D eigenvalue weighted by molar-refractivity contribution is -0.145. The lowest BCUT2D eigenvalue weighted by Crippen LogP contribution is -2.60. The molecule has 28 heavy (non-hydrogen) atoms. The zero-order chi connectivity index (χ0) is 19.5. The van der Waals surface area contributed by atoms with Gasteiger partial charge in [-0.3, -0.25) is 9.69 Å². The Bertz CT molecular complexity index is 689. The molecular formula is C20H30FN5O2. The molecule has 3 saturated heterocycles. The van der Waals surface area contributed by atoms with E-state index in [9.17, 15) is 9.18 Å². The molecule has 1 aromatic rings. The van der Waals surface area contributed by atoms with E-state index in [-0.39, 0.29) is 17.8 Å². The molecule has 0 aromatic carbocycles. The highest BCUT2D eigenvalue weighted by Gasteiger charge is 2.38. The van der Waals surface area contributed by atoms with Gasteiger partial charge >= 0.3 is 0 Å². The molecule has 0 saturated carbocycles. The van der Waals surface area contributed by atoms with Gasteiger partial charge in [0.1, 0.15) is 6.33 Å². The van der Waals surface area contributed by atoms with Crippen molar-refractivity contribution < 1.29 is 13.9 Å². The largest absolute Gasteiger partial charge is 0.381 e. The number of aryl methyl sites for hydroxylation is 1. The summed E-state index contributed by atoms with van der Waals surface area (Å²) in [5.41, 5.74) is 0.460. The summed E-state index contributed by atoms with van der Waals surface area (Å²) in [5.74, 6) is 0.358. The normalized spacial score (nSPS) is 25.4. The van der Waals surface area contributed by atoms with E-state index >= 15 is 0 Å². The van der Waals surface area contributed by atoms with Crippen molar-refractivity contribution in [2.24, 2.45) is 0 Å². The van der Waals surface area contributed by atoms with Crippen LogP contribution in [0.3, 0.4) is 0 Å². The number of piperidine rings is 1. The lowest BCUT2D eigenvalue weighted by Gasteiger charge is -2.45. The van der Waals surface area contributed by atoms with E-state index in [0.717, 1.165) is 58.5 Å². The molecule has 0 spiro atoms. The van der Waals surface area contributed by atoms with Crippen LogP contribution in [-0.2, 0) is 16.0 Å². The van der Waals surface area contributed by atoms with Crippen molar-refractivity contribution in [3.05, 3.63) is 17.8 Å². The highest BCUT2D eigenvalue weighted by atomic mass is 19.1. The van der Waals surface area contributed by atoms with Crippen LogP contribution in [0.25, 0.3) is 0 Å². The molecule has 0 radical (unpaired) electrons. The minimum absolute atomic E-state index is 0.0415. The van der Waals surface area contributed by atoms with Crippen molar-refractivity contribution in [2.75, 3.05) is 50.8 Å². The Balaban J connectivity index is 1.38. The van der Waals surface area contributed by atoms with E-state index in [1.165, 1.54) is 6.33 Å². The summed E-state index contributed by atoms with van der Waals surface area (Å²) in [6, 6.07) is 0.285. The summed E-state index contributed by atoms with van der Waals surface area (Å²) in [4.78, 5) is 27.7. The van der Waals surface area contributed by atoms with Gasteiger partial charge in [-0.05, 0) is 32.1 Å². The molecule has 154 valence electrons. The third-order valence-electron chi connectivity index (χ3n) is 6.31. The first-order valence-electron chi connectivity index (χ1n) is 10.6. The summed E-state index contributed by atoms with van der Waals surface area (Å²) >= 11 is 0. The Hall–Kier alpha value is -1.80. The average Bonchev–Trinajstić information content (AvgIpc) is 2.75. The van der Waals surface area contributed by atoms with Gasteiger partial charge in [-0.1, -0.05) is 6.92 Å². The zero-order valence-electron chi connectivity index (χ0n) is 16.6. The first-order valence-corrected chi connectivity index (χ1v) is 10.6. The van der Waals surface area contributed by atoms with Crippen LogP contribution < -0.4 is 4.90 Å². The Morgan fingerprint density at radius 3 is 2.57 bits per heavy atom. The fourth-order valence-corrected chi connectivity index (χ4v) is 4.69. The van der Waals surface area contributed by atoms with Crippen molar-refractivity contribution in [1.29, 1.82) is 0 Å². The molecule has 3 fully saturated rings. The second kappa shape index (κ2) is 8.69. The van der Waals surface area contributed by atoms with Gasteiger partial charge in [0.2, 0.25) is 5.91 Å². The van der Waals surface area contributed by atoms with Crippen LogP contribution in [0.1, 0.15) is 38.3 Å². The molecular weight excluding hydrogens is 361 g/mol. The number of hydrogen-bond donors (Lipinski definition) is 0. The average molecular weight is 391 g/mol. The molecule has 3 aliphatic rings. The molecule has 8 heteroatoms. The summed E-state index contributed by atoms with van der Waals surface area (Å²) in [6.07, 6.45) is 5.85. The number of piperazine rings is 1. The predicted molar refractivity (Wildman–Crippen MR) is 104 cm³/mol. The highest BCUT2D eigenvalue weighted by molar-refractivity contribution is 5.83. The van der Waals surface area contributed by atoms with Crippen molar-refractivity contribution >= 4 is 11.7 Å². The number of aromatic nitrogens is 2. The molecule has 1 aromatic heterocycles. The number of amides is 1. The van der Waals surface area contributed by atoms with Gasteiger partial charge in [0.05, 0.1) is 11.7 Å². The summed E-state index contributed by atoms with van der Waals surface area (Å²) in [6.45, 7) is 7.13. The summed E-state index contributed by atoms with van der Waals surface area (Å²) < 4.78 is 20.0. The van der Waals surface area contributed by atoms with Crippen LogP contribution in [0.2, 0.25) is 0 Å². The Labute approximate surface area is 165 Å². The summed E-state index contributed by atoms with van der Waals surface area (Å²) in [7, 11) is 0. The van der Waals surface area contributed by atoms with Crippen LogP contribution in [-0.4, -0.2) is 83.7 Å². The first-order chi connectivity index (χ1) is 13.7. The molecule has 1 amide bonds. The van der Waals surface area contributed by atoms with E-state index in [1.54, 1.807) is 0 Å². The SMILES string of the molecule is CCc1ncnc(N2CCN([C@H]3CCCN(C4CCOCC4)C3=O)CC2)c1F. The second-order valence-electron chi connectivity index (χ2n) is 7.87. The molecule has 7 nitrogen and oxygen atoms in total. The smallest absolute Gasteiger partial charge is 0.240 e. The summed E-state index contributed by atoms with van der Waals surface area (Å²) in [5, 5.41) is 0. The zero-order valence-corrected chi connectivity index (χ0v) is 16.6. The number of ether oxygens (including phenoxy) is 1. The molecule has 0 aliphatic carbocycles. The topological polar surface area (TPSA) is 61.8 Å². The number of hydrogen-bond acceptors (Lipinski definition) is 6. The number of nitrogens with zero attached hydrogens (tertiary/aromatic N) is 5. The third-order valence-corrected chi connectivity index (χ3v) is 6.31. The van der Waals surface area contributed by atoms with E-state index in [1.807, 2.05) is 11.8 Å².